The highest BCUT2D eigenvalue weighted by molar-refractivity contribution is 5.93. The number of aromatic nitrogens is 3. The van der Waals surface area contributed by atoms with Gasteiger partial charge >= 0.3 is 6.18 Å². The van der Waals surface area contributed by atoms with Crippen LogP contribution >= 0.6 is 0 Å². The number of likely N-dealkylation sites (tertiary alicyclic amines) is 1. The first-order valence-electron chi connectivity index (χ1n) is 12.5. The maximum Gasteiger partial charge on any atom is 0.401 e. The second-order valence-electron chi connectivity index (χ2n) is 10.1. The van der Waals surface area contributed by atoms with Crippen LogP contribution in [0.3, 0.4) is 0 Å². The molecule has 204 valence electrons. The molecule has 2 aromatic heterocycles. The van der Waals surface area contributed by atoms with Crippen molar-refractivity contribution in [3.05, 3.63) is 93.4 Å². The van der Waals surface area contributed by atoms with E-state index in [9.17, 15) is 27.2 Å². The highest BCUT2D eigenvalue weighted by atomic mass is 19.4. The van der Waals surface area contributed by atoms with E-state index in [1.165, 1.54) is 39.8 Å². The van der Waals surface area contributed by atoms with Crippen LogP contribution in [0.25, 0.3) is 16.9 Å². The second kappa shape index (κ2) is 9.96. The van der Waals surface area contributed by atoms with Gasteiger partial charge in [0.25, 0.3) is 11.5 Å². The SMILES string of the molecule is Cc1ccc(-c2cn3cc(C(=O)NC4(c5ccc(F)cc5)CCN(CC(F)(F)F)CC4)nc3c(=O)[nH]2)cc1C. The molecule has 1 saturated heterocycles. The van der Waals surface area contributed by atoms with Crippen molar-refractivity contribution in [3.8, 4) is 11.3 Å². The fourth-order valence-corrected chi connectivity index (χ4v) is 5.06. The van der Waals surface area contributed by atoms with Crippen molar-refractivity contribution in [2.45, 2.75) is 38.4 Å². The standard InChI is InChI=1S/C28H27F4N5O2/c1-17-3-4-19(13-18(17)2)22-14-37-15-23(33-24(37)26(39)34-22)25(38)35-27(20-5-7-21(29)8-6-20)9-11-36(12-10-27)16-28(30,31)32/h3-8,13-15H,9-12,16H2,1-2H3,(H,34,39)(H,35,38). The number of amides is 1. The molecular formula is C28H27F4N5O2. The van der Waals surface area contributed by atoms with E-state index in [2.05, 4.69) is 15.3 Å². The van der Waals surface area contributed by atoms with E-state index in [0.29, 0.717) is 11.3 Å². The lowest BCUT2D eigenvalue weighted by Gasteiger charge is -2.42. The summed E-state index contributed by atoms with van der Waals surface area (Å²) in [5, 5.41) is 2.95. The van der Waals surface area contributed by atoms with Crippen LogP contribution < -0.4 is 10.9 Å². The number of imidazole rings is 1. The topological polar surface area (TPSA) is 82.5 Å². The van der Waals surface area contributed by atoms with Gasteiger partial charge in [-0.1, -0.05) is 24.3 Å². The lowest BCUT2D eigenvalue weighted by molar-refractivity contribution is -0.149. The molecule has 0 aliphatic carbocycles. The first-order chi connectivity index (χ1) is 18.4. The van der Waals surface area contributed by atoms with E-state index >= 15 is 0 Å². The maximum atomic E-state index is 13.6. The Morgan fingerprint density at radius 2 is 1.74 bits per heavy atom. The molecule has 0 saturated carbocycles. The molecule has 0 atom stereocenters. The molecule has 11 heteroatoms. The summed E-state index contributed by atoms with van der Waals surface area (Å²) in [5.74, 6) is -1.05. The number of nitrogens with zero attached hydrogens (tertiary/aromatic N) is 3. The lowest BCUT2D eigenvalue weighted by Crippen LogP contribution is -2.54. The molecule has 4 aromatic rings. The molecule has 0 spiro atoms. The highest BCUT2D eigenvalue weighted by Crippen LogP contribution is 2.34. The number of aromatic amines is 1. The van der Waals surface area contributed by atoms with Crippen molar-refractivity contribution in [2.75, 3.05) is 19.6 Å². The number of hydrogen-bond donors (Lipinski definition) is 2. The molecule has 0 unspecified atom stereocenters. The highest BCUT2D eigenvalue weighted by Gasteiger charge is 2.41. The van der Waals surface area contributed by atoms with Crippen LogP contribution in [0.1, 0.15) is 40.0 Å². The molecule has 1 amide bonds. The predicted octanol–water partition coefficient (Wildman–Crippen LogP) is 4.73. The molecule has 0 bridgehead atoms. The van der Waals surface area contributed by atoms with Gasteiger partial charge in [-0.15, -0.1) is 0 Å². The van der Waals surface area contributed by atoms with Crippen LogP contribution in [-0.4, -0.2) is 51.0 Å². The number of alkyl halides is 3. The monoisotopic (exact) mass is 541 g/mol. The molecular weight excluding hydrogens is 514 g/mol. The molecule has 1 fully saturated rings. The van der Waals surface area contributed by atoms with Gasteiger partial charge in [0.1, 0.15) is 11.5 Å². The Bertz CT molecular complexity index is 1580. The normalized spacial score (nSPS) is 15.9. The minimum absolute atomic E-state index is 0.0167. The Morgan fingerprint density at radius 1 is 1.05 bits per heavy atom. The van der Waals surface area contributed by atoms with E-state index < -0.39 is 35.5 Å². The van der Waals surface area contributed by atoms with Crippen molar-refractivity contribution in [1.29, 1.82) is 0 Å². The van der Waals surface area contributed by atoms with Crippen molar-refractivity contribution < 1.29 is 22.4 Å². The molecule has 1 aliphatic heterocycles. The van der Waals surface area contributed by atoms with Gasteiger partial charge in [-0.25, -0.2) is 9.37 Å². The Kier molecular flexibility index (Phi) is 6.79. The fraction of sp³-hybridized carbons (Fsp3) is 0.321. The molecule has 2 aromatic carbocycles. The number of hydrogen-bond acceptors (Lipinski definition) is 4. The van der Waals surface area contributed by atoms with Crippen molar-refractivity contribution in [2.24, 2.45) is 0 Å². The summed E-state index contributed by atoms with van der Waals surface area (Å²) >= 11 is 0. The van der Waals surface area contributed by atoms with Crippen LogP contribution in [0.4, 0.5) is 17.6 Å². The third-order valence-electron chi connectivity index (χ3n) is 7.36. The quantitative estimate of drug-likeness (QED) is 0.358. The number of rotatable bonds is 5. The Morgan fingerprint density at radius 3 is 2.38 bits per heavy atom. The summed E-state index contributed by atoms with van der Waals surface area (Å²) in [7, 11) is 0. The zero-order valence-corrected chi connectivity index (χ0v) is 21.4. The number of carbonyl (C=O) groups excluding carboxylic acids is 1. The molecule has 2 N–H and O–H groups in total. The summed E-state index contributed by atoms with van der Waals surface area (Å²) < 4.78 is 54.0. The summed E-state index contributed by atoms with van der Waals surface area (Å²) in [6.07, 6.45) is -0.840. The molecule has 3 heterocycles. The van der Waals surface area contributed by atoms with Gasteiger partial charge in [-0.05, 0) is 67.1 Å². The van der Waals surface area contributed by atoms with Crippen molar-refractivity contribution >= 4 is 11.6 Å². The number of aryl methyl sites for hydroxylation is 2. The van der Waals surface area contributed by atoms with E-state index in [1.807, 2.05) is 32.0 Å². The predicted molar refractivity (Wildman–Crippen MR) is 138 cm³/mol. The summed E-state index contributed by atoms with van der Waals surface area (Å²) in [4.78, 5) is 34.6. The largest absolute Gasteiger partial charge is 0.401 e. The molecule has 0 radical (unpaired) electrons. The number of H-pyrrole nitrogens is 1. The van der Waals surface area contributed by atoms with Gasteiger partial charge in [0.05, 0.1) is 17.8 Å². The van der Waals surface area contributed by atoms with Crippen LogP contribution in [0, 0.1) is 19.7 Å². The van der Waals surface area contributed by atoms with Crippen LogP contribution in [0.5, 0.6) is 0 Å². The number of piperidine rings is 1. The molecule has 1 aliphatic rings. The van der Waals surface area contributed by atoms with E-state index in [1.54, 1.807) is 6.20 Å². The van der Waals surface area contributed by atoms with Crippen LogP contribution in [-0.2, 0) is 5.54 Å². The first kappa shape index (κ1) is 26.6. The third kappa shape index (κ3) is 5.58. The van der Waals surface area contributed by atoms with Gasteiger partial charge in [0, 0.05) is 25.5 Å². The maximum absolute atomic E-state index is 13.6. The molecule has 5 rings (SSSR count). The van der Waals surface area contributed by atoms with E-state index in [0.717, 1.165) is 16.7 Å². The summed E-state index contributed by atoms with van der Waals surface area (Å²) in [6.45, 7) is 3.09. The minimum Gasteiger partial charge on any atom is -0.341 e. The average molecular weight is 542 g/mol. The summed E-state index contributed by atoms with van der Waals surface area (Å²) in [6, 6.07) is 11.4. The number of benzene rings is 2. The number of halogens is 4. The smallest absolute Gasteiger partial charge is 0.341 e. The zero-order valence-electron chi connectivity index (χ0n) is 21.4. The van der Waals surface area contributed by atoms with Gasteiger partial charge in [-0.2, -0.15) is 13.2 Å². The molecule has 39 heavy (non-hydrogen) atoms. The first-order valence-corrected chi connectivity index (χ1v) is 12.5. The van der Waals surface area contributed by atoms with Gasteiger partial charge in [-0.3, -0.25) is 18.9 Å². The van der Waals surface area contributed by atoms with Gasteiger partial charge in [0.2, 0.25) is 5.65 Å². The second-order valence-corrected chi connectivity index (χ2v) is 10.1. The Balaban J connectivity index is 1.44. The number of carbonyl (C=O) groups is 1. The number of nitrogens with one attached hydrogen (secondary N) is 2. The minimum atomic E-state index is -4.33. The molecule has 7 nitrogen and oxygen atoms in total. The lowest BCUT2D eigenvalue weighted by atomic mass is 9.80. The van der Waals surface area contributed by atoms with Crippen molar-refractivity contribution in [3.63, 3.8) is 0 Å². The van der Waals surface area contributed by atoms with Crippen LogP contribution in [0.15, 0.2) is 59.7 Å². The summed E-state index contributed by atoms with van der Waals surface area (Å²) in [5.41, 5.74) is 2.63. The number of fused-ring (bicyclic) bond motifs is 1. The fourth-order valence-electron chi connectivity index (χ4n) is 5.06. The Labute approximate surface area is 221 Å². The van der Waals surface area contributed by atoms with Gasteiger partial charge < -0.3 is 10.3 Å². The zero-order chi connectivity index (χ0) is 27.9. The van der Waals surface area contributed by atoms with Crippen molar-refractivity contribution in [1.82, 2.24) is 24.6 Å². The van der Waals surface area contributed by atoms with E-state index in [-0.39, 0.29) is 37.3 Å². The Hall–Kier alpha value is -3.99. The van der Waals surface area contributed by atoms with Gasteiger partial charge in [0.15, 0.2) is 0 Å². The van der Waals surface area contributed by atoms with Crippen LogP contribution in [0.2, 0.25) is 0 Å². The average Bonchev–Trinajstić information content (AvgIpc) is 3.32. The van der Waals surface area contributed by atoms with E-state index in [4.69, 9.17) is 0 Å². The third-order valence-corrected chi connectivity index (χ3v) is 7.36.